The first-order chi connectivity index (χ1) is 19.1. The summed E-state index contributed by atoms with van der Waals surface area (Å²) in [6, 6.07) is 17.0. The summed E-state index contributed by atoms with van der Waals surface area (Å²) in [6.45, 7) is 6.02. The summed E-state index contributed by atoms with van der Waals surface area (Å²) in [6.07, 6.45) is 0.632. The van der Waals surface area contributed by atoms with Crippen molar-refractivity contribution < 1.29 is 18.7 Å². The number of aryl methyl sites for hydroxylation is 1. The van der Waals surface area contributed by atoms with E-state index in [1.54, 1.807) is 42.2 Å². The maximum Gasteiger partial charge on any atom is 0.254 e. The summed E-state index contributed by atoms with van der Waals surface area (Å²) in [5.41, 5.74) is 7.84. The van der Waals surface area contributed by atoms with E-state index in [0.717, 1.165) is 5.56 Å². The van der Waals surface area contributed by atoms with E-state index in [2.05, 4.69) is 6.07 Å². The van der Waals surface area contributed by atoms with Crippen LogP contribution in [0.1, 0.15) is 64.7 Å². The zero-order valence-electron chi connectivity index (χ0n) is 22.8. The van der Waals surface area contributed by atoms with Crippen LogP contribution in [-0.2, 0) is 6.42 Å². The normalized spacial score (nSPS) is 11.9. The number of hydrogen-bond donors (Lipinski definition) is 2. The zero-order valence-corrected chi connectivity index (χ0v) is 22.8. The molecule has 0 spiro atoms. The second-order valence-electron chi connectivity index (χ2n) is 10.2. The Morgan fingerprint density at radius 3 is 2.60 bits per heavy atom. The first-order valence-corrected chi connectivity index (χ1v) is 13.2. The standard InChI is InChI=1S/C32H32FN3O4/c1-19(2)29(36(13-5-12-34)32(39)23-9-8-20(3)27(33)16-23)31-26(15-21-6-4-7-22(14-21)18-35)30(38)25-11-10-24(37)17-28(25)40-31/h4,6-11,14,16-17,19,29,37H,5,12-13,15,34H2,1-3H3. The highest BCUT2D eigenvalue weighted by Crippen LogP contribution is 2.35. The van der Waals surface area contributed by atoms with Crippen LogP contribution in [0, 0.1) is 30.0 Å². The maximum absolute atomic E-state index is 14.5. The molecule has 1 atom stereocenters. The Bertz CT molecular complexity index is 1650. The molecular weight excluding hydrogens is 509 g/mol. The van der Waals surface area contributed by atoms with Gasteiger partial charge in [0.2, 0.25) is 0 Å². The fourth-order valence-corrected chi connectivity index (χ4v) is 4.92. The molecule has 0 bridgehead atoms. The largest absolute Gasteiger partial charge is 0.508 e. The van der Waals surface area contributed by atoms with Crippen LogP contribution in [0.3, 0.4) is 0 Å². The number of amides is 1. The van der Waals surface area contributed by atoms with Gasteiger partial charge >= 0.3 is 0 Å². The summed E-state index contributed by atoms with van der Waals surface area (Å²) < 4.78 is 20.8. The fourth-order valence-electron chi connectivity index (χ4n) is 4.92. The number of benzene rings is 3. The van der Waals surface area contributed by atoms with Crippen LogP contribution >= 0.6 is 0 Å². The van der Waals surface area contributed by atoms with Crippen LogP contribution < -0.4 is 11.2 Å². The number of carbonyl (C=O) groups excluding carboxylic acids is 1. The van der Waals surface area contributed by atoms with Gasteiger partial charge in [-0.2, -0.15) is 5.26 Å². The Hall–Kier alpha value is -4.48. The summed E-state index contributed by atoms with van der Waals surface area (Å²) in [7, 11) is 0. The van der Waals surface area contributed by atoms with Gasteiger partial charge in [-0.25, -0.2) is 4.39 Å². The lowest BCUT2D eigenvalue weighted by Crippen LogP contribution is -2.40. The molecule has 3 aromatic carbocycles. The predicted molar refractivity (Wildman–Crippen MR) is 152 cm³/mol. The minimum absolute atomic E-state index is 0.0663. The van der Waals surface area contributed by atoms with E-state index in [4.69, 9.17) is 10.2 Å². The van der Waals surface area contributed by atoms with Gasteiger partial charge in [-0.3, -0.25) is 9.59 Å². The molecule has 0 aliphatic heterocycles. The van der Waals surface area contributed by atoms with Crippen molar-refractivity contribution in [2.45, 2.75) is 39.7 Å². The van der Waals surface area contributed by atoms with Gasteiger partial charge in [0.15, 0.2) is 5.43 Å². The first kappa shape index (κ1) is 28.5. The van der Waals surface area contributed by atoms with E-state index < -0.39 is 17.8 Å². The van der Waals surface area contributed by atoms with Crippen molar-refractivity contribution in [1.82, 2.24) is 4.90 Å². The van der Waals surface area contributed by atoms with Gasteiger partial charge in [-0.1, -0.05) is 32.0 Å². The van der Waals surface area contributed by atoms with Crippen LogP contribution in [0.4, 0.5) is 4.39 Å². The Morgan fingerprint density at radius 1 is 1.15 bits per heavy atom. The number of nitriles is 1. The van der Waals surface area contributed by atoms with Crippen LogP contribution in [-0.4, -0.2) is 29.0 Å². The van der Waals surface area contributed by atoms with Crippen molar-refractivity contribution in [3.8, 4) is 11.8 Å². The van der Waals surface area contributed by atoms with E-state index in [1.165, 1.54) is 24.3 Å². The Morgan fingerprint density at radius 2 is 1.93 bits per heavy atom. The molecular formula is C32H32FN3O4. The van der Waals surface area contributed by atoms with Gasteiger partial charge in [-0.15, -0.1) is 0 Å². The highest BCUT2D eigenvalue weighted by Gasteiger charge is 2.34. The molecule has 1 unspecified atom stereocenters. The average Bonchev–Trinajstić information content (AvgIpc) is 2.93. The first-order valence-electron chi connectivity index (χ1n) is 13.2. The van der Waals surface area contributed by atoms with Gasteiger partial charge in [0.05, 0.1) is 23.1 Å². The summed E-state index contributed by atoms with van der Waals surface area (Å²) in [5, 5.41) is 19.8. The Balaban J connectivity index is 1.95. The highest BCUT2D eigenvalue weighted by atomic mass is 19.1. The van der Waals surface area contributed by atoms with Crippen molar-refractivity contribution in [3.63, 3.8) is 0 Å². The molecule has 206 valence electrons. The minimum atomic E-state index is -0.711. The molecule has 1 aromatic heterocycles. The van der Waals surface area contributed by atoms with E-state index in [9.17, 15) is 24.3 Å². The molecule has 7 nitrogen and oxygen atoms in total. The number of halogens is 1. The SMILES string of the molecule is Cc1ccc(C(=O)N(CCCN)C(c2oc3cc(O)ccc3c(=O)c2Cc2cccc(C#N)c2)C(C)C)cc1F. The molecule has 40 heavy (non-hydrogen) atoms. The molecule has 0 aliphatic carbocycles. The van der Waals surface area contributed by atoms with E-state index >= 15 is 0 Å². The van der Waals surface area contributed by atoms with Gasteiger partial charge in [-0.05, 0) is 73.3 Å². The van der Waals surface area contributed by atoms with Gasteiger partial charge in [0, 0.05) is 30.2 Å². The topological polar surface area (TPSA) is 121 Å². The number of nitrogens with two attached hydrogens (primary N) is 1. The number of carbonyl (C=O) groups is 1. The lowest BCUT2D eigenvalue weighted by Gasteiger charge is -2.35. The van der Waals surface area contributed by atoms with E-state index in [0.29, 0.717) is 29.7 Å². The van der Waals surface area contributed by atoms with Crippen LogP contribution in [0.2, 0.25) is 0 Å². The Labute approximate surface area is 232 Å². The number of phenolic OH excluding ortho intramolecular Hbond substituents is 1. The van der Waals surface area contributed by atoms with Crippen LogP contribution in [0.15, 0.2) is 69.9 Å². The Kier molecular flexibility index (Phi) is 8.66. The van der Waals surface area contributed by atoms with Gasteiger partial charge in [0.1, 0.15) is 22.9 Å². The second kappa shape index (κ2) is 12.1. The molecule has 4 rings (SSSR count). The average molecular weight is 542 g/mol. The lowest BCUT2D eigenvalue weighted by atomic mass is 9.91. The summed E-state index contributed by atoms with van der Waals surface area (Å²) >= 11 is 0. The number of hydrogen-bond acceptors (Lipinski definition) is 6. The molecule has 1 heterocycles. The minimum Gasteiger partial charge on any atom is -0.508 e. The fraction of sp³-hybridized carbons (Fsp3) is 0.281. The van der Waals surface area contributed by atoms with Crippen LogP contribution in [0.25, 0.3) is 11.0 Å². The molecule has 0 radical (unpaired) electrons. The maximum atomic E-state index is 14.5. The molecule has 0 fully saturated rings. The monoisotopic (exact) mass is 541 g/mol. The molecule has 0 saturated carbocycles. The highest BCUT2D eigenvalue weighted by molar-refractivity contribution is 5.94. The van der Waals surface area contributed by atoms with Gasteiger partial charge < -0.3 is 20.2 Å². The van der Waals surface area contributed by atoms with E-state index in [-0.39, 0.29) is 52.4 Å². The predicted octanol–water partition coefficient (Wildman–Crippen LogP) is 5.60. The number of rotatable bonds is 9. The summed E-state index contributed by atoms with van der Waals surface area (Å²) in [5.74, 6) is -0.917. The third-order valence-electron chi connectivity index (χ3n) is 6.96. The zero-order chi connectivity index (χ0) is 29.0. The number of phenols is 1. The third-order valence-corrected chi connectivity index (χ3v) is 6.96. The third kappa shape index (κ3) is 5.90. The smallest absolute Gasteiger partial charge is 0.254 e. The van der Waals surface area contributed by atoms with Crippen LogP contribution in [0.5, 0.6) is 5.75 Å². The quantitative estimate of drug-likeness (QED) is 0.285. The van der Waals surface area contributed by atoms with Crippen molar-refractivity contribution in [1.29, 1.82) is 5.26 Å². The van der Waals surface area contributed by atoms with Crippen molar-refractivity contribution in [2.75, 3.05) is 13.1 Å². The molecule has 4 aromatic rings. The number of fused-ring (bicyclic) bond motifs is 1. The number of aromatic hydroxyl groups is 1. The van der Waals surface area contributed by atoms with Crippen molar-refractivity contribution >= 4 is 16.9 Å². The van der Waals surface area contributed by atoms with Crippen molar-refractivity contribution in [3.05, 3.63) is 110 Å². The van der Waals surface area contributed by atoms with E-state index in [1.807, 2.05) is 19.9 Å². The lowest BCUT2D eigenvalue weighted by molar-refractivity contribution is 0.0587. The molecule has 0 saturated heterocycles. The number of nitrogens with zero attached hydrogens (tertiary/aromatic N) is 2. The van der Waals surface area contributed by atoms with Crippen molar-refractivity contribution in [2.24, 2.45) is 11.7 Å². The molecule has 8 heteroatoms. The molecule has 1 amide bonds. The molecule has 3 N–H and O–H groups in total. The molecule has 0 aliphatic rings. The summed E-state index contributed by atoms with van der Waals surface area (Å²) in [4.78, 5) is 29.4. The van der Waals surface area contributed by atoms with Gasteiger partial charge in [0.25, 0.3) is 5.91 Å². The second-order valence-corrected chi connectivity index (χ2v) is 10.2.